The van der Waals surface area contributed by atoms with Crippen molar-refractivity contribution in [3.63, 3.8) is 0 Å². The zero-order valence-electron chi connectivity index (χ0n) is 13.7. The molecule has 0 aliphatic rings. The smallest absolute Gasteiger partial charge is 0.122 e. The van der Waals surface area contributed by atoms with E-state index < -0.39 is 0 Å². The van der Waals surface area contributed by atoms with E-state index in [1.54, 1.807) is 14.2 Å². The van der Waals surface area contributed by atoms with E-state index in [2.05, 4.69) is 19.3 Å². The summed E-state index contributed by atoms with van der Waals surface area (Å²) in [7, 11) is 3.28. The molecule has 21 heavy (non-hydrogen) atoms. The Balaban J connectivity index is 3.30. The molecule has 0 saturated carbocycles. The van der Waals surface area contributed by atoms with Gasteiger partial charge in [-0.25, -0.2) is 0 Å². The Kier molecular flexibility index (Phi) is 6.95. The number of methoxy groups -OCH3 is 2. The molecule has 1 aromatic rings. The first kappa shape index (κ1) is 17.8. The van der Waals surface area contributed by atoms with E-state index in [0.717, 1.165) is 29.9 Å². The van der Waals surface area contributed by atoms with E-state index in [-0.39, 0.29) is 11.6 Å². The van der Waals surface area contributed by atoms with E-state index in [0.29, 0.717) is 6.61 Å². The van der Waals surface area contributed by atoms with Crippen molar-refractivity contribution in [1.29, 1.82) is 0 Å². The Morgan fingerprint density at radius 3 is 1.90 bits per heavy atom. The van der Waals surface area contributed by atoms with Crippen LogP contribution in [-0.4, -0.2) is 26.4 Å². The van der Waals surface area contributed by atoms with Gasteiger partial charge in [0.1, 0.15) is 11.5 Å². The monoisotopic (exact) mass is 296 g/mol. The SMILES string of the molecule is CCOC(CC)(CC)C(NN)c1cc(OC)cc(OC)c1. The van der Waals surface area contributed by atoms with Crippen LogP contribution in [0.25, 0.3) is 0 Å². The van der Waals surface area contributed by atoms with E-state index in [4.69, 9.17) is 20.1 Å². The Hall–Kier alpha value is -1.30. The lowest BCUT2D eigenvalue weighted by Crippen LogP contribution is -2.48. The zero-order chi connectivity index (χ0) is 15.9. The third-order valence-electron chi connectivity index (χ3n) is 4.03. The largest absolute Gasteiger partial charge is 0.497 e. The molecule has 0 radical (unpaired) electrons. The molecule has 5 nitrogen and oxygen atoms in total. The van der Waals surface area contributed by atoms with Crippen LogP contribution in [0.2, 0.25) is 0 Å². The lowest BCUT2D eigenvalue weighted by atomic mass is 9.84. The Labute approximate surface area is 127 Å². The quantitative estimate of drug-likeness (QED) is 0.542. The molecule has 0 aliphatic heterocycles. The molecule has 0 bridgehead atoms. The molecule has 1 unspecified atom stereocenters. The van der Waals surface area contributed by atoms with Gasteiger partial charge in [0.05, 0.1) is 25.9 Å². The van der Waals surface area contributed by atoms with Gasteiger partial charge in [-0.2, -0.15) is 0 Å². The van der Waals surface area contributed by atoms with Crippen LogP contribution in [0.3, 0.4) is 0 Å². The summed E-state index contributed by atoms with van der Waals surface area (Å²) in [5, 5.41) is 0. The van der Waals surface area contributed by atoms with E-state index in [1.165, 1.54) is 0 Å². The zero-order valence-corrected chi connectivity index (χ0v) is 13.7. The summed E-state index contributed by atoms with van der Waals surface area (Å²) in [4.78, 5) is 0. The summed E-state index contributed by atoms with van der Waals surface area (Å²) < 4.78 is 16.7. The van der Waals surface area contributed by atoms with Gasteiger partial charge in [-0.3, -0.25) is 11.3 Å². The third kappa shape index (κ3) is 3.87. The second kappa shape index (κ2) is 8.22. The number of hydrogen-bond donors (Lipinski definition) is 2. The van der Waals surface area contributed by atoms with Crippen LogP contribution in [0.1, 0.15) is 45.2 Å². The molecule has 1 rings (SSSR count). The minimum absolute atomic E-state index is 0.142. The standard InChI is InChI=1S/C16H28N2O3/c1-6-16(7-2,21-8-3)15(18-17)12-9-13(19-4)11-14(10-12)20-5/h9-11,15,18H,6-8,17H2,1-5H3. The van der Waals surface area contributed by atoms with Crippen LogP contribution < -0.4 is 20.7 Å². The minimum atomic E-state index is -0.360. The van der Waals surface area contributed by atoms with Crippen molar-refractivity contribution in [3.8, 4) is 11.5 Å². The number of benzene rings is 1. The number of nitrogens with two attached hydrogens (primary N) is 1. The molecule has 5 heteroatoms. The highest BCUT2D eigenvalue weighted by Crippen LogP contribution is 2.37. The van der Waals surface area contributed by atoms with Crippen molar-refractivity contribution in [1.82, 2.24) is 5.43 Å². The fraction of sp³-hybridized carbons (Fsp3) is 0.625. The molecular weight excluding hydrogens is 268 g/mol. The third-order valence-corrected chi connectivity index (χ3v) is 4.03. The lowest BCUT2D eigenvalue weighted by molar-refractivity contribution is -0.0734. The minimum Gasteiger partial charge on any atom is -0.497 e. The molecule has 120 valence electrons. The summed E-state index contributed by atoms with van der Waals surface area (Å²) >= 11 is 0. The fourth-order valence-corrected chi connectivity index (χ4v) is 2.78. The van der Waals surface area contributed by atoms with Gasteiger partial charge in [-0.05, 0) is 37.5 Å². The summed E-state index contributed by atoms with van der Waals surface area (Å²) in [6.07, 6.45) is 1.71. The molecule has 0 heterocycles. The van der Waals surface area contributed by atoms with E-state index in [9.17, 15) is 0 Å². The van der Waals surface area contributed by atoms with E-state index in [1.807, 2.05) is 25.1 Å². The summed E-state index contributed by atoms with van der Waals surface area (Å²) in [5.74, 6) is 7.32. The normalized spacial score (nSPS) is 13.0. The highest BCUT2D eigenvalue weighted by molar-refractivity contribution is 5.40. The van der Waals surface area contributed by atoms with Crippen molar-refractivity contribution >= 4 is 0 Å². The van der Waals surface area contributed by atoms with Crippen LogP contribution in [0, 0.1) is 0 Å². The van der Waals surface area contributed by atoms with Crippen molar-refractivity contribution in [2.75, 3.05) is 20.8 Å². The maximum absolute atomic E-state index is 6.06. The number of rotatable bonds is 9. The van der Waals surface area contributed by atoms with Crippen LogP contribution >= 0.6 is 0 Å². The summed E-state index contributed by atoms with van der Waals surface area (Å²) in [6.45, 7) is 6.86. The van der Waals surface area contributed by atoms with Gasteiger partial charge in [0.15, 0.2) is 0 Å². The number of hydrogen-bond acceptors (Lipinski definition) is 5. The van der Waals surface area contributed by atoms with Crippen molar-refractivity contribution in [2.45, 2.75) is 45.3 Å². The number of nitrogens with one attached hydrogen (secondary N) is 1. The highest BCUT2D eigenvalue weighted by Gasteiger charge is 2.37. The van der Waals surface area contributed by atoms with E-state index >= 15 is 0 Å². The van der Waals surface area contributed by atoms with Crippen molar-refractivity contribution in [2.24, 2.45) is 5.84 Å². The van der Waals surface area contributed by atoms with Crippen molar-refractivity contribution < 1.29 is 14.2 Å². The van der Waals surface area contributed by atoms with Gasteiger partial charge in [0, 0.05) is 12.7 Å². The van der Waals surface area contributed by atoms with Gasteiger partial charge in [-0.1, -0.05) is 13.8 Å². The highest BCUT2D eigenvalue weighted by atomic mass is 16.5. The molecule has 0 saturated heterocycles. The maximum Gasteiger partial charge on any atom is 0.122 e. The molecule has 0 aliphatic carbocycles. The van der Waals surface area contributed by atoms with Crippen LogP contribution in [0.5, 0.6) is 11.5 Å². The van der Waals surface area contributed by atoms with Crippen LogP contribution in [0.15, 0.2) is 18.2 Å². The lowest BCUT2D eigenvalue weighted by Gasteiger charge is -2.39. The van der Waals surface area contributed by atoms with Gasteiger partial charge in [0.25, 0.3) is 0 Å². The second-order valence-corrected chi connectivity index (χ2v) is 4.95. The Morgan fingerprint density at radius 2 is 1.57 bits per heavy atom. The fourth-order valence-electron chi connectivity index (χ4n) is 2.78. The first-order valence-corrected chi connectivity index (χ1v) is 7.43. The topological polar surface area (TPSA) is 65.7 Å². The molecular formula is C16H28N2O3. The van der Waals surface area contributed by atoms with Crippen molar-refractivity contribution in [3.05, 3.63) is 23.8 Å². The Bertz CT molecular complexity index is 411. The number of ether oxygens (including phenoxy) is 3. The number of hydrazine groups is 1. The summed E-state index contributed by atoms with van der Waals surface area (Å²) in [5.41, 5.74) is 3.54. The predicted molar refractivity (Wildman–Crippen MR) is 84.5 cm³/mol. The summed E-state index contributed by atoms with van der Waals surface area (Å²) in [6, 6.07) is 5.63. The first-order chi connectivity index (χ1) is 10.1. The van der Waals surface area contributed by atoms with Gasteiger partial charge < -0.3 is 14.2 Å². The van der Waals surface area contributed by atoms with Crippen LogP contribution in [-0.2, 0) is 4.74 Å². The first-order valence-electron chi connectivity index (χ1n) is 7.43. The van der Waals surface area contributed by atoms with Crippen LogP contribution in [0.4, 0.5) is 0 Å². The maximum atomic E-state index is 6.06. The van der Waals surface area contributed by atoms with Gasteiger partial charge in [-0.15, -0.1) is 0 Å². The molecule has 1 atom stereocenters. The molecule has 1 aromatic carbocycles. The van der Waals surface area contributed by atoms with Gasteiger partial charge in [0.2, 0.25) is 0 Å². The Morgan fingerprint density at radius 1 is 1.05 bits per heavy atom. The van der Waals surface area contributed by atoms with Gasteiger partial charge >= 0.3 is 0 Å². The molecule has 0 aromatic heterocycles. The molecule has 3 N–H and O–H groups in total. The average Bonchev–Trinajstić information content (AvgIpc) is 2.54. The predicted octanol–water partition coefficient (Wildman–Crippen LogP) is 2.80. The molecule has 0 amide bonds. The average molecular weight is 296 g/mol. The molecule has 0 spiro atoms. The molecule has 0 fully saturated rings. The second-order valence-electron chi connectivity index (χ2n) is 4.95.